The SMILES string of the molecule is CCNC(=O)c1cc(C(=O)NCC)c(C(=O)OCC)cc1C(=O)NCC. The van der Waals surface area contributed by atoms with Crippen LogP contribution in [0.25, 0.3) is 0 Å². The van der Waals surface area contributed by atoms with Crippen LogP contribution in [0.2, 0.25) is 0 Å². The molecule has 3 amide bonds. The van der Waals surface area contributed by atoms with Gasteiger partial charge in [0.2, 0.25) is 0 Å². The van der Waals surface area contributed by atoms with Crippen molar-refractivity contribution in [1.82, 2.24) is 16.0 Å². The van der Waals surface area contributed by atoms with Crippen molar-refractivity contribution in [3.8, 4) is 0 Å². The smallest absolute Gasteiger partial charge is 0.338 e. The Bertz CT molecular complexity index is 586. The number of hydrogen-bond donors (Lipinski definition) is 3. The zero-order valence-electron chi connectivity index (χ0n) is 15.5. The fourth-order valence-electron chi connectivity index (χ4n) is 2.31. The van der Waals surface area contributed by atoms with E-state index in [1.165, 1.54) is 12.1 Å². The molecule has 0 saturated carbocycles. The molecule has 3 N–H and O–H groups in total. The van der Waals surface area contributed by atoms with E-state index in [0.717, 1.165) is 0 Å². The molecule has 8 nitrogen and oxygen atoms in total. The maximum absolute atomic E-state index is 12.4. The molecule has 0 aromatic heterocycles. The van der Waals surface area contributed by atoms with Crippen molar-refractivity contribution >= 4 is 23.7 Å². The highest BCUT2D eigenvalue weighted by molar-refractivity contribution is 6.13. The minimum absolute atomic E-state index is 0.00824. The van der Waals surface area contributed by atoms with Crippen LogP contribution in [0.1, 0.15) is 69.1 Å². The lowest BCUT2D eigenvalue weighted by Crippen LogP contribution is -2.32. The first-order valence-corrected chi connectivity index (χ1v) is 8.60. The summed E-state index contributed by atoms with van der Waals surface area (Å²) < 4.78 is 4.99. The van der Waals surface area contributed by atoms with E-state index in [1.54, 1.807) is 27.7 Å². The standard InChI is InChI=1S/C18H25N3O5/c1-5-19-15(22)11-9-13(17(24)21-7-3)14(18(25)26-8-4)10-12(11)16(23)20-6-2/h9-10H,5-8H2,1-4H3,(H,19,22)(H,20,23)(H,21,24). The molecule has 1 aromatic rings. The van der Waals surface area contributed by atoms with Crippen molar-refractivity contribution in [2.45, 2.75) is 27.7 Å². The lowest BCUT2D eigenvalue weighted by atomic mass is 9.96. The number of hydrogen-bond acceptors (Lipinski definition) is 5. The largest absolute Gasteiger partial charge is 0.462 e. The molecule has 1 rings (SSSR count). The summed E-state index contributed by atoms with van der Waals surface area (Å²) in [6.45, 7) is 8.00. The van der Waals surface area contributed by atoms with Crippen LogP contribution in [0.5, 0.6) is 0 Å². The molecule has 0 aliphatic heterocycles. The van der Waals surface area contributed by atoms with E-state index >= 15 is 0 Å². The Hall–Kier alpha value is -2.90. The van der Waals surface area contributed by atoms with Gasteiger partial charge < -0.3 is 20.7 Å². The van der Waals surface area contributed by atoms with Crippen LogP contribution in [-0.2, 0) is 4.74 Å². The molecule has 8 heteroatoms. The van der Waals surface area contributed by atoms with E-state index in [9.17, 15) is 19.2 Å². The van der Waals surface area contributed by atoms with Gasteiger partial charge in [-0.05, 0) is 39.8 Å². The Labute approximate surface area is 152 Å². The summed E-state index contributed by atoms with van der Waals surface area (Å²) in [4.78, 5) is 49.4. The number of ether oxygens (including phenoxy) is 1. The predicted molar refractivity (Wildman–Crippen MR) is 96.4 cm³/mol. The third kappa shape index (κ3) is 5.05. The molecule has 0 saturated heterocycles. The number of carbonyl (C=O) groups excluding carboxylic acids is 4. The van der Waals surface area contributed by atoms with E-state index in [2.05, 4.69) is 16.0 Å². The van der Waals surface area contributed by atoms with Gasteiger partial charge in [-0.2, -0.15) is 0 Å². The predicted octanol–water partition coefficient (Wildman–Crippen LogP) is 1.11. The maximum Gasteiger partial charge on any atom is 0.338 e. The highest BCUT2D eigenvalue weighted by atomic mass is 16.5. The molecule has 26 heavy (non-hydrogen) atoms. The molecule has 0 aliphatic carbocycles. The van der Waals surface area contributed by atoms with E-state index < -0.39 is 23.7 Å². The second-order valence-electron chi connectivity index (χ2n) is 5.24. The second kappa shape index (κ2) is 10.2. The van der Waals surface area contributed by atoms with Gasteiger partial charge in [0.25, 0.3) is 17.7 Å². The lowest BCUT2D eigenvalue weighted by molar-refractivity contribution is 0.0522. The van der Waals surface area contributed by atoms with Crippen LogP contribution in [0.15, 0.2) is 12.1 Å². The molecule has 0 unspecified atom stereocenters. The first-order chi connectivity index (χ1) is 12.4. The molecule has 0 radical (unpaired) electrons. The van der Waals surface area contributed by atoms with Gasteiger partial charge in [-0.25, -0.2) is 4.79 Å². The highest BCUT2D eigenvalue weighted by Crippen LogP contribution is 2.19. The number of rotatable bonds is 8. The van der Waals surface area contributed by atoms with Crippen LogP contribution >= 0.6 is 0 Å². The number of carbonyl (C=O) groups is 4. The Kier molecular flexibility index (Phi) is 8.27. The summed E-state index contributed by atoms with van der Waals surface area (Å²) in [6, 6.07) is 2.49. The van der Waals surface area contributed by atoms with Gasteiger partial charge in [0.05, 0.1) is 28.9 Å². The lowest BCUT2D eigenvalue weighted by Gasteiger charge is -2.15. The Morgan fingerprint density at radius 3 is 1.38 bits per heavy atom. The third-order valence-electron chi connectivity index (χ3n) is 3.40. The van der Waals surface area contributed by atoms with E-state index in [4.69, 9.17) is 4.74 Å². The van der Waals surface area contributed by atoms with Crippen molar-refractivity contribution in [2.24, 2.45) is 0 Å². The van der Waals surface area contributed by atoms with Gasteiger partial charge in [0, 0.05) is 19.6 Å². The number of esters is 1. The van der Waals surface area contributed by atoms with E-state index in [1.807, 2.05) is 0 Å². The highest BCUT2D eigenvalue weighted by Gasteiger charge is 2.26. The first-order valence-electron chi connectivity index (χ1n) is 8.60. The summed E-state index contributed by atoms with van der Waals surface area (Å²) in [6.07, 6.45) is 0. The second-order valence-corrected chi connectivity index (χ2v) is 5.24. The van der Waals surface area contributed by atoms with Crippen LogP contribution in [-0.4, -0.2) is 49.9 Å². The Morgan fingerprint density at radius 2 is 1.04 bits per heavy atom. The zero-order chi connectivity index (χ0) is 19.7. The molecule has 0 bridgehead atoms. The van der Waals surface area contributed by atoms with Crippen LogP contribution in [0.3, 0.4) is 0 Å². The van der Waals surface area contributed by atoms with Gasteiger partial charge in [-0.3, -0.25) is 14.4 Å². The fourth-order valence-corrected chi connectivity index (χ4v) is 2.31. The minimum Gasteiger partial charge on any atom is -0.462 e. The van der Waals surface area contributed by atoms with Crippen molar-refractivity contribution in [1.29, 1.82) is 0 Å². The topological polar surface area (TPSA) is 114 Å². The average Bonchev–Trinajstić information content (AvgIpc) is 2.61. The van der Waals surface area contributed by atoms with Crippen LogP contribution < -0.4 is 16.0 Å². The first kappa shape index (κ1) is 21.1. The molecule has 1 aromatic carbocycles. The monoisotopic (exact) mass is 363 g/mol. The average molecular weight is 363 g/mol. The quantitative estimate of drug-likeness (QED) is 0.599. The fraction of sp³-hybridized carbons (Fsp3) is 0.444. The molecule has 0 aliphatic rings. The van der Waals surface area contributed by atoms with Crippen molar-refractivity contribution in [3.05, 3.63) is 34.4 Å². The number of nitrogens with one attached hydrogen (secondary N) is 3. The van der Waals surface area contributed by atoms with Gasteiger partial charge in [0.15, 0.2) is 0 Å². The van der Waals surface area contributed by atoms with Crippen molar-refractivity contribution in [2.75, 3.05) is 26.2 Å². The molecule has 0 heterocycles. The Balaban J connectivity index is 3.63. The third-order valence-corrected chi connectivity index (χ3v) is 3.40. The Morgan fingerprint density at radius 1 is 0.692 bits per heavy atom. The zero-order valence-corrected chi connectivity index (χ0v) is 15.5. The molecule has 0 atom stereocenters. The minimum atomic E-state index is -0.734. The number of amides is 3. The molecular formula is C18H25N3O5. The van der Waals surface area contributed by atoms with Crippen LogP contribution in [0, 0.1) is 0 Å². The summed E-state index contributed by atoms with van der Waals surface area (Å²) in [5.41, 5.74) is -0.0484. The molecular weight excluding hydrogens is 338 g/mol. The van der Waals surface area contributed by atoms with Crippen LogP contribution in [0.4, 0.5) is 0 Å². The number of benzene rings is 1. The summed E-state index contributed by atoms with van der Waals surface area (Å²) in [5, 5.41) is 7.80. The van der Waals surface area contributed by atoms with Crippen molar-refractivity contribution < 1.29 is 23.9 Å². The van der Waals surface area contributed by atoms with Gasteiger partial charge in [-0.15, -0.1) is 0 Å². The van der Waals surface area contributed by atoms with E-state index in [-0.39, 0.29) is 28.9 Å². The maximum atomic E-state index is 12.4. The van der Waals surface area contributed by atoms with E-state index in [0.29, 0.717) is 19.6 Å². The van der Waals surface area contributed by atoms with Crippen molar-refractivity contribution in [3.63, 3.8) is 0 Å². The molecule has 0 fully saturated rings. The summed E-state index contributed by atoms with van der Waals surface area (Å²) in [7, 11) is 0. The summed E-state index contributed by atoms with van der Waals surface area (Å²) >= 11 is 0. The molecule has 142 valence electrons. The molecule has 0 spiro atoms. The van der Waals surface area contributed by atoms with Gasteiger partial charge in [0.1, 0.15) is 0 Å². The van der Waals surface area contributed by atoms with Gasteiger partial charge >= 0.3 is 5.97 Å². The normalized spacial score (nSPS) is 10.0. The van der Waals surface area contributed by atoms with Gasteiger partial charge in [-0.1, -0.05) is 0 Å². The summed E-state index contributed by atoms with van der Waals surface area (Å²) in [5.74, 6) is -2.28.